The number of quaternary nitrogens is 4. The summed E-state index contributed by atoms with van der Waals surface area (Å²) in [6.07, 6.45) is 28.6. The number of ether oxygens (including phenoxy) is 1. The van der Waals surface area contributed by atoms with E-state index in [0.717, 1.165) is 90.4 Å². The van der Waals surface area contributed by atoms with Crippen molar-refractivity contribution in [2.45, 2.75) is 122 Å². The number of methoxy groups -OCH3 is 1. The number of carbonyl (C=O) groups excluding carboxylic acids is 1. The van der Waals surface area contributed by atoms with Crippen LogP contribution in [0.4, 0.5) is 0 Å². The van der Waals surface area contributed by atoms with Gasteiger partial charge < -0.3 is 32.9 Å². The number of aliphatic hydroxyl groups excluding tert-OH is 2. The van der Waals surface area contributed by atoms with Gasteiger partial charge in [0, 0.05) is 122 Å². The monoisotopic (exact) mass is 1320 g/mol. The lowest BCUT2D eigenvalue weighted by Gasteiger charge is -2.53. The van der Waals surface area contributed by atoms with E-state index < -0.39 is 0 Å². The largest absolute Gasteiger partial charge is 0.469 e. The van der Waals surface area contributed by atoms with Crippen molar-refractivity contribution >= 4 is 5.97 Å². The molecule has 4 fully saturated rings. The van der Waals surface area contributed by atoms with Gasteiger partial charge in [0.25, 0.3) is 0 Å². The maximum absolute atomic E-state index is 10.8. The molecule has 522 valence electrons. The number of carbonyl (C=O) groups is 1. The number of hydrogen-bond acceptors (Lipinski definition) is 4. The van der Waals surface area contributed by atoms with Crippen molar-refractivity contribution in [2.24, 2.45) is 28.2 Å². The molecular formula is C85H126N8O4+8. The smallest absolute Gasteiger partial charge is 0.305 e. The fraction of sp³-hybridized carbons (Fsp3) is 0.447. The SMILES string of the molecule is C#CC[N+](C)(C)Cc1ccccc1.COC(=O)CCc1ccc[n+](C)c1.C[N+](C)(C)Cc1ccccc1.C[N+]1(Cc2ccccc2)CCC(O)CC1.C[N+]12CCC(c3ccccc3)(CC1)CC2.C[n+]1ccc(C(C)(C)C)cc1.C[n+]1cccc(CCCO)c1.Cc1cccc[n+]1C. The maximum atomic E-state index is 10.8. The van der Waals surface area contributed by atoms with Crippen LogP contribution in [-0.2, 0) is 81.0 Å². The molecule has 0 atom stereocenters. The Bertz CT molecular complexity index is 3440. The Balaban J connectivity index is 0.000000237. The lowest BCUT2D eigenvalue weighted by Crippen LogP contribution is -2.60. The highest BCUT2D eigenvalue weighted by atomic mass is 16.5. The van der Waals surface area contributed by atoms with E-state index in [9.17, 15) is 9.90 Å². The summed E-state index contributed by atoms with van der Waals surface area (Å²) in [6.45, 7) is 19.3. The molecule has 2 bridgehead atoms. The van der Waals surface area contributed by atoms with E-state index in [4.69, 9.17) is 11.5 Å². The molecule has 0 saturated carbocycles. The normalized spacial score (nSPS) is 18.2. The summed E-state index contributed by atoms with van der Waals surface area (Å²) in [5.74, 6) is 2.54. The molecule has 0 aliphatic carbocycles. The first-order valence-electron chi connectivity index (χ1n) is 35.0. The standard InChI is InChI=1S/C14H20N.C13H20NO.C12H16N.C10H14NO2.2C10H16N.C9H14NO.C7H10N/c1-15-10-7-14(8-11-15,9-12-15)13-5-3-2-4-6-13;1-14(9-7-13(15)8-10-14)11-12-5-3-2-4-6-12;1-4-10-13(2,3)11-12-8-6-5-7-9-12;1-11-7-3-4-9(8-11)5-6-10(12)13-2;1-10(2,3)9-5-7-11(4)8-6-9;1-11(2,3)9-10-7-5-4-6-8-10;1-10-6-2-4-9(8-10)5-3-7-11;1-7-5-3-4-6-8(7)2/h2-6H,7-12H2,1H3;2-6,13,15H,7-11H2,1H3;1,5-9H,10-11H2,2-3H3;3-4,7-8H,5-6H2,1-2H3;5-8H,1-4H3;4-8H,9H2,1-3H3;2,4,6,8,11H,3,5,7H2,1H3;3-6H,1-2H3/q8*+1. The summed E-state index contributed by atoms with van der Waals surface area (Å²) in [7, 11) is 25.1. The molecule has 12 nitrogen and oxygen atoms in total. The van der Waals surface area contributed by atoms with Crippen LogP contribution in [0, 0.1) is 19.3 Å². The predicted octanol–water partition coefficient (Wildman–Crippen LogP) is 11.8. The van der Waals surface area contributed by atoms with Crippen molar-refractivity contribution in [1.29, 1.82) is 0 Å². The van der Waals surface area contributed by atoms with Gasteiger partial charge in [-0.25, -0.2) is 18.3 Å². The maximum Gasteiger partial charge on any atom is 0.305 e. The number of rotatable bonds is 14. The number of terminal acetylenes is 1. The molecule has 4 saturated heterocycles. The van der Waals surface area contributed by atoms with E-state index in [1.54, 1.807) is 5.56 Å². The molecule has 97 heavy (non-hydrogen) atoms. The van der Waals surface area contributed by atoms with Crippen LogP contribution in [0.3, 0.4) is 0 Å². The van der Waals surface area contributed by atoms with Gasteiger partial charge in [0.2, 0.25) is 0 Å². The minimum Gasteiger partial charge on any atom is -0.469 e. The van der Waals surface area contributed by atoms with Gasteiger partial charge in [0.05, 0.1) is 95.3 Å². The van der Waals surface area contributed by atoms with E-state index in [1.165, 1.54) is 84.0 Å². The van der Waals surface area contributed by atoms with Crippen LogP contribution < -0.4 is 18.3 Å². The van der Waals surface area contributed by atoms with Crippen LogP contribution in [0.15, 0.2) is 219 Å². The molecule has 0 radical (unpaired) electrons. The summed E-state index contributed by atoms with van der Waals surface area (Å²) < 4.78 is 16.9. The van der Waals surface area contributed by atoms with Crippen LogP contribution in [0.2, 0.25) is 0 Å². The fourth-order valence-electron chi connectivity index (χ4n) is 12.1. The van der Waals surface area contributed by atoms with Crippen LogP contribution in [0.25, 0.3) is 0 Å². The van der Waals surface area contributed by atoms with E-state index in [2.05, 4.69) is 255 Å². The van der Waals surface area contributed by atoms with Crippen molar-refractivity contribution in [3.8, 4) is 12.3 Å². The lowest BCUT2D eigenvalue weighted by atomic mass is 9.67. The molecule has 8 heterocycles. The highest BCUT2D eigenvalue weighted by Crippen LogP contribution is 2.45. The molecule has 4 aliphatic heterocycles. The van der Waals surface area contributed by atoms with Crippen molar-refractivity contribution < 1.29 is 55.9 Å². The number of aliphatic hydroxyl groups is 2. The summed E-state index contributed by atoms with van der Waals surface area (Å²) in [5.41, 5.74) is 11.6. The van der Waals surface area contributed by atoms with Crippen molar-refractivity contribution in [3.05, 3.63) is 264 Å². The van der Waals surface area contributed by atoms with Crippen LogP contribution in [-0.4, -0.2) is 143 Å². The average Bonchev–Trinajstić information content (AvgIpc) is 0.932. The third-order valence-electron chi connectivity index (χ3n) is 18.3. The number of piperidine rings is 4. The molecule has 4 aromatic heterocycles. The molecule has 0 unspecified atom stereocenters. The van der Waals surface area contributed by atoms with Crippen LogP contribution in [0.1, 0.15) is 110 Å². The lowest BCUT2D eigenvalue weighted by molar-refractivity contribution is -0.928. The Hall–Kier alpha value is -7.73. The highest BCUT2D eigenvalue weighted by Gasteiger charge is 2.47. The summed E-state index contributed by atoms with van der Waals surface area (Å²) >= 11 is 0. The topological polar surface area (TPSA) is 82.3 Å². The molecule has 4 aromatic carbocycles. The van der Waals surface area contributed by atoms with E-state index in [-0.39, 0.29) is 24.1 Å². The number of aryl methyl sites for hydroxylation is 7. The zero-order chi connectivity index (χ0) is 71.4. The number of esters is 1. The second-order valence-electron chi connectivity index (χ2n) is 30.1. The first-order chi connectivity index (χ1) is 46.0. The Morgan fingerprint density at radius 1 is 0.588 bits per heavy atom. The first kappa shape index (κ1) is 81.7. The Kier molecular flexibility index (Phi) is 35.0. The second-order valence-corrected chi connectivity index (χ2v) is 30.1. The predicted molar refractivity (Wildman–Crippen MR) is 398 cm³/mol. The van der Waals surface area contributed by atoms with Crippen LogP contribution >= 0.6 is 0 Å². The van der Waals surface area contributed by atoms with E-state index >= 15 is 0 Å². The summed E-state index contributed by atoms with van der Waals surface area (Å²) in [4.78, 5) is 10.8. The quantitative estimate of drug-likeness (QED) is 0.0492. The molecule has 4 aliphatic rings. The third kappa shape index (κ3) is 33.4. The molecule has 0 amide bonds. The zero-order valence-electron chi connectivity index (χ0n) is 62.7. The van der Waals surface area contributed by atoms with Crippen molar-refractivity contribution in [1.82, 2.24) is 0 Å². The van der Waals surface area contributed by atoms with Gasteiger partial charge in [0.1, 0.15) is 54.4 Å². The molecule has 12 rings (SSSR count). The molecule has 0 spiro atoms. The highest BCUT2D eigenvalue weighted by molar-refractivity contribution is 5.69. The number of benzene rings is 4. The first-order valence-corrected chi connectivity index (χ1v) is 35.0. The third-order valence-corrected chi connectivity index (χ3v) is 18.3. The molecule has 2 N–H and O–H groups in total. The van der Waals surface area contributed by atoms with Crippen LogP contribution in [0.5, 0.6) is 0 Å². The molecular weight excluding hydrogens is 1200 g/mol. The van der Waals surface area contributed by atoms with Gasteiger partial charge in [0.15, 0.2) is 49.1 Å². The van der Waals surface area contributed by atoms with Gasteiger partial charge in [-0.3, -0.25) is 4.79 Å². The minimum atomic E-state index is -0.161. The number of likely N-dealkylation sites (tertiary alicyclic amines) is 1. The van der Waals surface area contributed by atoms with Gasteiger partial charge >= 0.3 is 5.97 Å². The van der Waals surface area contributed by atoms with E-state index in [1.807, 2.05) is 98.5 Å². The van der Waals surface area contributed by atoms with Gasteiger partial charge in [-0.1, -0.05) is 148 Å². The molecule has 12 heteroatoms. The Labute approximate surface area is 587 Å². The van der Waals surface area contributed by atoms with E-state index in [0.29, 0.717) is 11.8 Å². The number of nitrogens with zero attached hydrogens (tertiary/aromatic N) is 8. The van der Waals surface area contributed by atoms with Crippen molar-refractivity contribution in [2.75, 3.05) is 102 Å². The summed E-state index contributed by atoms with van der Waals surface area (Å²) in [5, 5.41) is 18.1. The van der Waals surface area contributed by atoms with Gasteiger partial charge in [-0.05, 0) is 53.9 Å². The second kappa shape index (κ2) is 41.5. The number of fused-ring (bicyclic) bond motifs is 3. The van der Waals surface area contributed by atoms with Gasteiger partial charge in [-0.2, -0.15) is 0 Å². The fourth-order valence-corrected chi connectivity index (χ4v) is 12.1. The van der Waals surface area contributed by atoms with Gasteiger partial charge in [-0.15, -0.1) is 6.42 Å². The van der Waals surface area contributed by atoms with Crippen molar-refractivity contribution in [3.63, 3.8) is 0 Å². The number of hydrogen-bond donors (Lipinski definition) is 2. The Morgan fingerprint density at radius 3 is 1.46 bits per heavy atom. The number of pyridine rings is 4. The number of aromatic nitrogens is 4. The molecule has 8 aromatic rings. The minimum absolute atomic E-state index is 0.0630. The zero-order valence-corrected chi connectivity index (χ0v) is 62.7. The Morgan fingerprint density at radius 2 is 1.04 bits per heavy atom. The average molecular weight is 1320 g/mol. The summed E-state index contributed by atoms with van der Waals surface area (Å²) in [6, 6.07) is 61.4.